The molecule has 0 saturated heterocycles. The fourth-order valence-corrected chi connectivity index (χ4v) is 1.28. The van der Waals surface area contributed by atoms with Crippen molar-refractivity contribution in [3.8, 4) is 0 Å². The lowest BCUT2D eigenvalue weighted by Gasteiger charge is -2.07. The van der Waals surface area contributed by atoms with E-state index in [0.717, 1.165) is 4.68 Å². The minimum atomic E-state index is -0.449. The third-order valence-corrected chi connectivity index (χ3v) is 2.18. The Labute approximate surface area is 99.3 Å². The first kappa shape index (κ1) is 13.4. The van der Waals surface area contributed by atoms with E-state index >= 15 is 0 Å². The van der Waals surface area contributed by atoms with Gasteiger partial charge in [0.2, 0.25) is 5.91 Å². The van der Waals surface area contributed by atoms with E-state index in [4.69, 9.17) is 5.11 Å². The second kappa shape index (κ2) is 6.15. The van der Waals surface area contributed by atoms with Crippen LogP contribution in [0.15, 0.2) is 16.9 Å². The summed E-state index contributed by atoms with van der Waals surface area (Å²) in [5.41, 5.74) is 0.377. The van der Waals surface area contributed by atoms with E-state index in [1.807, 2.05) is 0 Å². The molecule has 1 heterocycles. The highest BCUT2D eigenvalue weighted by molar-refractivity contribution is 5.75. The molecule has 0 radical (unpaired) electrons. The molecule has 94 valence electrons. The molecule has 0 fully saturated rings. The third-order valence-electron chi connectivity index (χ3n) is 2.18. The lowest BCUT2D eigenvalue weighted by molar-refractivity contribution is -0.122. The maximum Gasteiger partial charge on any atom is 0.267 e. The van der Waals surface area contributed by atoms with Crippen LogP contribution in [-0.2, 0) is 11.3 Å². The van der Waals surface area contributed by atoms with Gasteiger partial charge in [0.25, 0.3) is 5.56 Å². The van der Waals surface area contributed by atoms with Gasteiger partial charge in [0.05, 0.1) is 11.8 Å². The number of hydrogen-bond donors (Lipinski definition) is 2. The zero-order valence-corrected chi connectivity index (χ0v) is 10.0. The van der Waals surface area contributed by atoms with Crippen LogP contribution in [-0.4, -0.2) is 33.4 Å². The molecule has 0 bridgehead atoms. The molecule has 1 atom stereocenters. The molecule has 0 spiro atoms. The van der Waals surface area contributed by atoms with Crippen LogP contribution in [0, 0.1) is 6.92 Å². The van der Waals surface area contributed by atoms with E-state index in [-0.39, 0.29) is 18.0 Å². The number of hydrogen-bond acceptors (Lipinski definition) is 4. The van der Waals surface area contributed by atoms with Crippen LogP contribution < -0.4 is 10.9 Å². The first-order valence-corrected chi connectivity index (χ1v) is 5.48. The molecule has 2 N–H and O–H groups in total. The van der Waals surface area contributed by atoms with Gasteiger partial charge in [-0.05, 0) is 26.3 Å². The number of amides is 1. The minimum absolute atomic E-state index is 0.0969. The van der Waals surface area contributed by atoms with Crippen LogP contribution in [0.4, 0.5) is 0 Å². The van der Waals surface area contributed by atoms with Gasteiger partial charge in [0, 0.05) is 12.6 Å². The molecule has 6 heteroatoms. The number of aliphatic hydroxyl groups excluding tert-OH is 1. The van der Waals surface area contributed by atoms with Crippen LogP contribution in [0.25, 0.3) is 0 Å². The average Bonchev–Trinajstić information content (AvgIpc) is 2.23. The molecule has 1 aromatic heterocycles. The highest BCUT2D eigenvalue weighted by Gasteiger charge is 2.05. The fraction of sp³-hybridized carbons (Fsp3) is 0.545. The summed E-state index contributed by atoms with van der Waals surface area (Å²) in [7, 11) is 0. The molecular formula is C11H17N3O3. The molecule has 1 unspecified atom stereocenters. The van der Waals surface area contributed by atoms with Crippen molar-refractivity contribution in [1.29, 1.82) is 0 Å². The van der Waals surface area contributed by atoms with Crippen molar-refractivity contribution in [1.82, 2.24) is 15.1 Å². The van der Waals surface area contributed by atoms with Crippen LogP contribution in [0.2, 0.25) is 0 Å². The molecule has 0 saturated carbocycles. The molecule has 1 rings (SSSR count). The van der Waals surface area contributed by atoms with Gasteiger partial charge in [-0.3, -0.25) is 9.59 Å². The first-order chi connectivity index (χ1) is 7.99. The summed E-state index contributed by atoms with van der Waals surface area (Å²) in [6.45, 7) is 3.69. The standard InChI is InChI=1S/C11H17N3O3/c1-8-3-4-11(17)14(13-8)7-10(16)12-6-5-9(2)15/h3-4,9,15H,5-7H2,1-2H3,(H,12,16). The Kier molecular flexibility index (Phi) is 4.84. The largest absolute Gasteiger partial charge is 0.393 e. The lowest BCUT2D eigenvalue weighted by atomic mass is 10.3. The summed E-state index contributed by atoms with van der Waals surface area (Å²) in [4.78, 5) is 22.8. The Morgan fingerprint density at radius 1 is 1.59 bits per heavy atom. The normalized spacial score (nSPS) is 12.2. The van der Waals surface area contributed by atoms with E-state index in [2.05, 4.69) is 10.4 Å². The number of aryl methyl sites for hydroxylation is 1. The average molecular weight is 239 g/mol. The highest BCUT2D eigenvalue weighted by atomic mass is 16.3. The predicted octanol–water partition coefficient (Wildman–Crippen LogP) is -0.561. The predicted molar refractivity (Wildman–Crippen MR) is 62.5 cm³/mol. The number of nitrogens with one attached hydrogen (secondary N) is 1. The Hall–Kier alpha value is -1.69. The summed E-state index contributed by atoms with van der Waals surface area (Å²) >= 11 is 0. The van der Waals surface area contributed by atoms with Gasteiger partial charge < -0.3 is 10.4 Å². The fourth-order valence-electron chi connectivity index (χ4n) is 1.28. The van der Waals surface area contributed by atoms with Crippen molar-refractivity contribution in [2.45, 2.75) is 32.9 Å². The number of nitrogens with zero attached hydrogens (tertiary/aromatic N) is 2. The molecular weight excluding hydrogens is 222 g/mol. The summed E-state index contributed by atoms with van der Waals surface area (Å²) in [6, 6.07) is 2.98. The van der Waals surface area contributed by atoms with Crippen molar-refractivity contribution in [2.24, 2.45) is 0 Å². The first-order valence-electron chi connectivity index (χ1n) is 5.48. The molecule has 0 aliphatic carbocycles. The van der Waals surface area contributed by atoms with E-state index in [0.29, 0.717) is 18.7 Å². The van der Waals surface area contributed by atoms with Crippen LogP contribution in [0.5, 0.6) is 0 Å². The van der Waals surface area contributed by atoms with E-state index in [1.54, 1.807) is 19.9 Å². The maximum atomic E-state index is 11.5. The number of rotatable bonds is 5. The maximum absolute atomic E-state index is 11.5. The number of aliphatic hydroxyl groups is 1. The zero-order chi connectivity index (χ0) is 12.8. The van der Waals surface area contributed by atoms with Crippen LogP contribution in [0.1, 0.15) is 19.0 Å². The second-order valence-electron chi connectivity index (χ2n) is 3.96. The van der Waals surface area contributed by atoms with Gasteiger partial charge in [-0.2, -0.15) is 5.10 Å². The quantitative estimate of drug-likeness (QED) is 0.721. The third kappa shape index (κ3) is 4.78. The van der Waals surface area contributed by atoms with Gasteiger partial charge >= 0.3 is 0 Å². The Balaban J connectivity index is 2.50. The SMILES string of the molecule is Cc1ccc(=O)n(CC(=O)NCCC(C)O)n1. The summed E-state index contributed by atoms with van der Waals surface area (Å²) in [5.74, 6) is -0.286. The Bertz CT molecular complexity index is 440. The zero-order valence-electron chi connectivity index (χ0n) is 10.0. The van der Waals surface area contributed by atoms with Gasteiger partial charge in [0.15, 0.2) is 0 Å². The Morgan fingerprint density at radius 3 is 2.94 bits per heavy atom. The van der Waals surface area contributed by atoms with Gasteiger partial charge in [-0.25, -0.2) is 4.68 Å². The van der Waals surface area contributed by atoms with E-state index < -0.39 is 6.10 Å². The van der Waals surface area contributed by atoms with Crippen molar-refractivity contribution in [2.75, 3.05) is 6.54 Å². The summed E-state index contributed by atoms with van der Waals surface area (Å²) < 4.78 is 1.12. The molecule has 0 aliphatic rings. The van der Waals surface area contributed by atoms with Gasteiger partial charge in [0.1, 0.15) is 6.54 Å². The minimum Gasteiger partial charge on any atom is -0.393 e. The number of carbonyl (C=O) groups is 1. The van der Waals surface area contributed by atoms with E-state index in [9.17, 15) is 9.59 Å². The van der Waals surface area contributed by atoms with E-state index in [1.165, 1.54) is 6.07 Å². The molecule has 0 aliphatic heterocycles. The molecule has 0 aromatic carbocycles. The number of carbonyl (C=O) groups excluding carboxylic acids is 1. The van der Waals surface area contributed by atoms with Crippen molar-refractivity contribution in [3.05, 3.63) is 28.2 Å². The monoisotopic (exact) mass is 239 g/mol. The van der Waals surface area contributed by atoms with Crippen molar-refractivity contribution in [3.63, 3.8) is 0 Å². The van der Waals surface area contributed by atoms with Crippen molar-refractivity contribution < 1.29 is 9.90 Å². The topological polar surface area (TPSA) is 84.2 Å². The molecule has 6 nitrogen and oxygen atoms in total. The number of aromatic nitrogens is 2. The lowest BCUT2D eigenvalue weighted by Crippen LogP contribution is -2.34. The summed E-state index contributed by atoms with van der Waals surface area (Å²) in [6.07, 6.45) is 0.0390. The smallest absolute Gasteiger partial charge is 0.267 e. The molecule has 17 heavy (non-hydrogen) atoms. The van der Waals surface area contributed by atoms with Gasteiger partial charge in [-0.1, -0.05) is 0 Å². The Morgan fingerprint density at radius 2 is 2.29 bits per heavy atom. The summed E-state index contributed by atoms with van der Waals surface area (Å²) in [5, 5.41) is 15.6. The van der Waals surface area contributed by atoms with Gasteiger partial charge in [-0.15, -0.1) is 0 Å². The molecule has 1 aromatic rings. The van der Waals surface area contributed by atoms with Crippen LogP contribution >= 0.6 is 0 Å². The van der Waals surface area contributed by atoms with Crippen LogP contribution in [0.3, 0.4) is 0 Å². The molecule has 1 amide bonds. The van der Waals surface area contributed by atoms with Crippen molar-refractivity contribution >= 4 is 5.91 Å². The highest BCUT2D eigenvalue weighted by Crippen LogP contribution is 1.88. The second-order valence-corrected chi connectivity index (χ2v) is 3.96.